The molecule has 3 N–H and O–H groups in total. The Hall–Kier alpha value is -2.21. The molecule has 0 amide bonds. The summed E-state index contributed by atoms with van der Waals surface area (Å²) in [5.74, 6) is 0.213. The molecule has 0 aliphatic rings. The van der Waals surface area contributed by atoms with Gasteiger partial charge < -0.3 is 10.5 Å². The second-order valence-corrected chi connectivity index (χ2v) is 6.04. The van der Waals surface area contributed by atoms with Gasteiger partial charge in [0.15, 0.2) is 0 Å². The quantitative estimate of drug-likeness (QED) is 0.848. The van der Waals surface area contributed by atoms with Gasteiger partial charge in [0.1, 0.15) is 10.6 Å². The highest BCUT2D eigenvalue weighted by Gasteiger charge is 2.19. The van der Waals surface area contributed by atoms with Crippen LogP contribution in [0.3, 0.4) is 0 Å². The molecule has 0 aliphatic heterocycles. The van der Waals surface area contributed by atoms with E-state index in [1.54, 1.807) is 18.2 Å². The van der Waals surface area contributed by atoms with Crippen molar-refractivity contribution in [1.82, 2.24) is 0 Å². The highest BCUT2D eigenvalue weighted by molar-refractivity contribution is 7.92. The van der Waals surface area contributed by atoms with Crippen LogP contribution in [0, 0.1) is 6.92 Å². The lowest BCUT2D eigenvalue weighted by molar-refractivity contribution is 0.403. The highest BCUT2D eigenvalue weighted by atomic mass is 32.2. The molecule has 0 saturated carbocycles. The van der Waals surface area contributed by atoms with E-state index in [0.717, 1.165) is 5.56 Å². The lowest BCUT2D eigenvalue weighted by atomic mass is 10.2. The Kier molecular flexibility index (Phi) is 3.85. The van der Waals surface area contributed by atoms with Crippen molar-refractivity contribution in [2.75, 3.05) is 17.6 Å². The standard InChI is InChI=1S/C14H16N2O3S/c1-10-4-3-5-12(8-10)16-20(17,18)14-7-6-11(15)9-13(14)19-2/h3-9,16H,15H2,1-2H3. The minimum absolute atomic E-state index is 0.0516. The predicted molar refractivity (Wildman–Crippen MR) is 79.4 cm³/mol. The van der Waals surface area contributed by atoms with Gasteiger partial charge in [-0.1, -0.05) is 12.1 Å². The van der Waals surface area contributed by atoms with Gasteiger partial charge in [-0.15, -0.1) is 0 Å². The van der Waals surface area contributed by atoms with E-state index in [2.05, 4.69) is 4.72 Å². The summed E-state index contributed by atoms with van der Waals surface area (Å²) in [4.78, 5) is 0.0516. The van der Waals surface area contributed by atoms with Crippen LogP contribution in [0.25, 0.3) is 0 Å². The number of nitrogens with two attached hydrogens (primary N) is 1. The van der Waals surface area contributed by atoms with Crippen molar-refractivity contribution in [1.29, 1.82) is 0 Å². The van der Waals surface area contributed by atoms with E-state index < -0.39 is 10.0 Å². The van der Waals surface area contributed by atoms with Gasteiger partial charge in [0.25, 0.3) is 10.0 Å². The molecule has 0 unspecified atom stereocenters. The van der Waals surface area contributed by atoms with Crippen LogP contribution in [0.4, 0.5) is 11.4 Å². The molecule has 0 aromatic heterocycles. The Morgan fingerprint density at radius 1 is 1.15 bits per heavy atom. The fraction of sp³-hybridized carbons (Fsp3) is 0.143. The molecule has 5 nitrogen and oxygen atoms in total. The Morgan fingerprint density at radius 2 is 1.90 bits per heavy atom. The predicted octanol–water partition coefficient (Wildman–Crippen LogP) is 2.39. The fourth-order valence-electron chi connectivity index (χ4n) is 1.82. The second kappa shape index (κ2) is 5.42. The lowest BCUT2D eigenvalue weighted by Crippen LogP contribution is -2.14. The highest BCUT2D eigenvalue weighted by Crippen LogP contribution is 2.27. The average Bonchev–Trinajstić information content (AvgIpc) is 2.37. The van der Waals surface area contributed by atoms with Crippen LogP contribution in [0.5, 0.6) is 5.75 Å². The number of hydrogen-bond acceptors (Lipinski definition) is 4. The van der Waals surface area contributed by atoms with E-state index in [4.69, 9.17) is 10.5 Å². The van der Waals surface area contributed by atoms with Gasteiger partial charge in [0.05, 0.1) is 7.11 Å². The van der Waals surface area contributed by atoms with E-state index >= 15 is 0 Å². The first-order chi connectivity index (χ1) is 9.42. The number of nitrogens with one attached hydrogen (secondary N) is 1. The van der Waals surface area contributed by atoms with Crippen molar-refractivity contribution in [2.45, 2.75) is 11.8 Å². The molecule has 0 saturated heterocycles. The van der Waals surface area contributed by atoms with E-state index in [-0.39, 0.29) is 10.6 Å². The first-order valence-corrected chi connectivity index (χ1v) is 7.44. The first-order valence-electron chi connectivity index (χ1n) is 5.95. The van der Waals surface area contributed by atoms with Crippen molar-refractivity contribution in [3.8, 4) is 5.75 Å². The molecule has 0 spiro atoms. The summed E-state index contributed by atoms with van der Waals surface area (Å²) >= 11 is 0. The Labute approximate surface area is 118 Å². The van der Waals surface area contributed by atoms with E-state index in [9.17, 15) is 8.42 Å². The number of nitrogen functional groups attached to an aromatic ring is 1. The molecule has 20 heavy (non-hydrogen) atoms. The van der Waals surface area contributed by atoms with Crippen molar-refractivity contribution >= 4 is 21.4 Å². The molecular formula is C14H16N2O3S. The number of anilines is 2. The summed E-state index contributed by atoms with van der Waals surface area (Å²) in [6.07, 6.45) is 0. The molecule has 0 atom stereocenters. The maximum atomic E-state index is 12.4. The molecule has 0 heterocycles. The normalized spacial score (nSPS) is 11.1. The Bertz CT molecular complexity index is 727. The maximum absolute atomic E-state index is 12.4. The summed E-state index contributed by atoms with van der Waals surface area (Å²) < 4.78 is 32.3. The van der Waals surface area contributed by atoms with Gasteiger partial charge in [-0.05, 0) is 36.8 Å². The minimum atomic E-state index is -3.72. The third-order valence-electron chi connectivity index (χ3n) is 2.75. The van der Waals surface area contributed by atoms with Crippen LogP contribution in [0.2, 0.25) is 0 Å². The zero-order valence-corrected chi connectivity index (χ0v) is 12.1. The van der Waals surface area contributed by atoms with E-state index in [1.807, 2.05) is 13.0 Å². The number of hydrogen-bond donors (Lipinski definition) is 2. The van der Waals surface area contributed by atoms with Crippen LogP contribution in [0.15, 0.2) is 47.4 Å². The molecule has 106 valence electrons. The summed E-state index contributed by atoms with van der Waals surface area (Å²) in [6.45, 7) is 1.89. The van der Waals surface area contributed by atoms with Gasteiger partial charge in [0.2, 0.25) is 0 Å². The average molecular weight is 292 g/mol. The number of methoxy groups -OCH3 is 1. The molecule has 0 aliphatic carbocycles. The third-order valence-corrected chi connectivity index (χ3v) is 4.17. The summed E-state index contributed by atoms with van der Waals surface area (Å²) in [7, 11) is -2.32. The molecule has 2 rings (SSSR count). The second-order valence-electron chi connectivity index (χ2n) is 4.39. The first kappa shape index (κ1) is 14.2. The van der Waals surface area contributed by atoms with Crippen LogP contribution < -0.4 is 15.2 Å². The molecule has 2 aromatic carbocycles. The SMILES string of the molecule is COc1cc(N)ccc1S(=O)(=O)Nc1cccc(C)c1. The largest absolute Gasteiger partial charge is 0.495 e. The molecular weight excluding hydrogens is 276 g/mol. The Balaban J connectivity index is 2.40. The minimum Gasteiger partial charge on any atom is -0.495 e. The van der Waals surface area contributed by atoms with Gasteiger partial charge in [-0.2, -0.15) is 0 Å². The molecule has 2 aromatic rings. The van der Waals surface area contributed by atoms with Crippen molar-refractivity contribution in [3.63, 3.8) is 0 Å². The molecule has 0 bridgehead atoms. The summed E-state index contributed by atoms with van der Waals surface area (Å²) in [5, 5.41) is 0. The molecule has 0 fully saturated rings. The van der Waals surface area contributed by atoms with Crippen molar-refractivity contribution in [3.05, 3.63) is 48.0 Å². The van der Waals surface area contributed by atoms with Crippen LogP contribution in [-0.4, -0.2) is 15.5 Å². The smallest absolute Gasteiger partial charge is 0.265 e. The van der Waals surface area contributed by atoms with Crippen LogP contribution >= 0.6 is 0 Å². The van der Waals surface area contributed by atoms with Gasteiger partial charge in [0, 0.05) is 17.4 Å². The molecule has 6 heteroatoms. The van der Waals surface area contributed by atoms with E-state index in [0.29, 0.717) is 11.4 Å². The number of rotatable bonds is 4. The van der Waals surface area contributed by atoms with Gasteiger partial charge in [-0.25, -0.2) is 8.42 Å². The summed E-state index contributed by atoms with van der Waals surface area (Å²) in [5.41, 5.74) is 7.54. The zero-order chi connectivity index (χ0) is 14.8. The van der Waals surface area contributed by atoms with Gasteiger partial charge >= 0.3 is 0 Å². The number of benzene rings is 2. The van der Waals surface area contributed by atoms with Crippen LogP contribution in [-0.2, 0) is 10.0 Å². The maximum Gasteiger partial charge on any atom is 0.265 e. The number of aryl methyl sites for hydroxylation is 1. The summed E-state index contributed by atoms with van der Waals surface area (Å²) in [6, 6.07) is 11.5. The van der Waals surface area contributed by atoms with Crippen molar-refractivity contribution < 1.29 is 13.2 Å². The fourth-order valence-corrected chi connectivity index (χ4v) is 3.03. The Morgan fingerprint density at radius 3 is 2.55 bits per heavy atom. The topological polar surface area (TPSA) is 81.4 Å². The number of ether oxygens (including phenoxy) is 1. The lowest BCUT2D eigenvalue weighted by Gasteiger charge is -2.12. The van der Waals surface area contributed by atoms with E-state index in [1.165, 1.54) is 25.3 Å². The monoisotopic (exact) mass is 292 g/mol. The molecule has 0 radical (unpaired) electrons. The number of sulfonamides is 1. The van der Waals surface area contributed by atoms with Crippen LogP contribution in [0.1, 0.15) is 5.56 Å². The van der Waals surface area contributed by atoms with Gasteiger partial charge in [-0.3, -0.25) is 4.72 Å². The third kappa shape index (κ3) is 3.03. The van der Waals surface area contributed by atoms with Crippen molar-refractivity contribution in [2.24, 2.45) is 0 Å². The zero-order valence-electron chi connectivity index (χ0n) is 11.3.